The molecule has 0 unspecified atom stereocenters. The number of benzene rings is 4. The van der Waals surface area contributed by atoms with E-state index in [9.17, 15) is 4.79 Å². The minimum atomic E-state index is 0.0906. The van der Waals surface area contributed by atoms with Crippen molar-refractivity contribution in [2.24, 2.45) is 5.41 Å². The molecular weight excluding hydrogens is 476 g/mol. The first-order chi connectivity index (χ1) is 19.1. The molecule has 1 saturated carbocycles. The Morgan fingerprint density at radius 2 is 1.26 bits per heavy atom. The number of carbonyl (C=O) groups is 1. The van der Waals surface area contributed by atoms with Gasteiger partial charge in [-0.3, -0.25) is 4.79 Å². The Labute approximate surface area is 233 Å². The molecular formula is C36H40N2O. The summed E-state index contributed by atoms with van der Waals surface area (Å²) in [6, 6.07) is 42.2. The Balaban J connectivity index is 1.33. The Kier molecular flexibility index (Phi) is 8.90. The fourth-order valence-corrected chi connectivity index (χ4v) is 5.97. The molecule has 0 bridgehead atoms. The van der Waals surface area contributed by atoms with Crippen molar-refractivity contribution in [3.63, 3.8) is 0 Å². The molecule has 1 aliphatic carbocycles. The lowest BCUT2D eigenvalue weighted by Gasteiger charge is -2.42. The van der Waals surface area contributed by atoms with Crippen molar-refractivity contribution in [2.75, 3.05) is 13.1 Å². The van der Waals surface area contributed by atoms with Gasteiger partial charge >= 0.3 is 0 Å². The third-order valence-electron chi connectivity index (χ3n) is 8.32. The molecule has 39 heavy (non-hydrogen) atoms. The summed E-state index contributed by atoms with van der Waals surface area (Å²) in [4.78, 5) is 16.1. The molecule has 0 heterocycles. The number of nitrogens with one attached hydrogen (secondary N) is 1. The van der Waals surface area contributed by atoms with Gasteiger partial charge in [-0.1, -0.05) is 116 Å². The second-order valence-electron chi connectivity index (χ2n) is 11.4. The van der Waals surface area contributed by atoms with Crippen LogP contribution in [0.2, 0.25) is 0 Å². The van der Waals surface area contributed by atoms with Gasteiger partial charge in [-0.15, -0.1) is 0 Å². The molecule has 200 valence electrons. The molecule has 3 nitrogen and oxygen atoms in total. The highest BCUT2D eigenvalue weighted by Gasteiger charge is 2.35. The fraction of sp³-hybridized carbons (Fsp3) is 0.306. The van der Waals surface area contributed by atoms with E-state index in [0.717, 1.165) is 44.3 Å². The van der Waals surface area contributed by atoms with E-state index in [-0.39, 0.29) is 17.2 Å². The topological polar surface area (TPSA) is 32.3 Å². The maximum Gasteiger partial charge on any atom is 0.253 e. The van der Waals surface area contributed by atoms with Crippen molar-refractivity contribution in [2.45, 2.75) is 51.1 Å². The van der Waals surface area contributed by atoms with Gasteiger partial charge in [0.1, 0.15) is 0 Å². The van der Waals surface area contributed by atoms with E-state index in [4.69, 9.17) is 0 Å². The number of hydrogen-bond donors (Lipinski definition) is 1. The minimum absolute atomic E-state index is 0.0906. The van der Waals surface area contributed by atoms with Crippen molar-refractivity contribution in [3.05, 3.63) is 144 Å². The smallest absolute Gasteiger partial charge is 0.253 e. The summed E-state index contributed by atoms with van der Waals surface area (Å²) in [5.74, 6) is 0.241. The van der Waals surface area contributed by atoms with Crippen molar-refractivity contribution < 1.29 is 4.79 Å². The highest BCUT2D eigenvalue weighted by Crippen LogP contribution is 2.38. The van der Waals surface area contributed by atoms with Crippen LogP contribution in [0.1, 0.15) is 65.6 Å². The van der Waals surface area contributed by atoms with Crippen LogP contribution in [0.5, 0.6) is 0 Å². The standard InChI is InChI=1S/C36H40N2O/c1-36(24-22-33(23-25-36)37-26-29-14-6-2-7-15-29)28-38(35(39)32-20-12-5-13-21-32)27-34(30-16-8-3-9-17-30)31-18-10-4-11-19-31/h2-21,33-34,37H,22-28H2,1H3. The normalized spacial score (nSPS) is 19.1. The van der Waals surface area contributed by atoms with Gasteiger partial charge in [0.15, 0.2) is 0 Å². The van der Waals surface area contributed by atoms with Crippen LogP contribution < -0.4 is 5.32 Å². The summed E-state index contributed by atoms with van der Waals surface area (Å²) >= 11 is 0. The van der Waals surface area contributed by atoms with Crippen molar-refractivity contribution in [1.82, 2.24) is 10.2 Å². The zero-order chi connectivity index (χ0) is 26.9. The van der Waals surface area contributed by atoms with Gasteiger partial charge < -0.3 is 10.2 Å². The maximum absolute atomic E-state index is 14.0. The highest BCUT2D eigenvalue weighted by molar-refractivity contribution is 5.94. The molecule has 1 N–H and O–H groups in total. The van der Waals surface area contributed by atoms with Crippen LogP contribution in [0.25, 0.3) is 0 Å². The number of nitrogens with zero attached hydrogens (tertiary/aromatic N) is 1. The fourth-order valence-electron chi connectivity index (χ4n) is 5.97. The molecule has 5 rings (SSSR count). The molecule has 0 atom stereocenters. The largest absolute Gasteiger partial charge is 0.337 e. The van der Waals surface area contributed by atoms with E-state index in [1.165, 1.54) is 16.7 Å². The average Bonchev–Trinajstić information content (AvgIpc) is 3.00. The predicted molar refractivity (Wildman–Crippen MR) is 161 cm³/mol. The van der Waals surface area contributed by atoms with Gasteiger partial charge in [0.2, 0.25) is 0 Å². The third-order valence-corrected chi connectivity index (χ3v) is 8.32. The highest BCUT2D eigenvalue weighted by atomic mass is 16.2. The monoisotopic (exact) mass is 516 g/mol. The Hall–Kier alpha value is -3.69. The molecule has 0 spiro atoms. The molecule has 0 saturated heterocycles. The molecule has 4 aromatic carbocycles. The van der Waals surface area contributed by atoms with E-state index < -0.39 is 0 Å². The summed E-state index contributed by atoms with van der Waals surface area (Å²) < 4.78 is 0. The van der Waals surface area contributed by atoms with Gasteiger partial charge in [0, 0.05) is 37.2 Å². The van der Waals surface area contributed by atoms with Gasteiger partial charge in [0.05, 0.1) is 0 Å². The summed E-state index contributed by atoms with van der Waals surface area (Å²) in [7, 11) is 0. The van der Waals surface area contributed by atoms with Crippen LogP contribution in [0.3, 0.4) is 0 Å². The lowest BCUT2D eigenvalue weighted by atomic mass is 9.73. The lowest BCUT2D eigenvalue weighted by Crippen LogP contribution is -2.45. The molecule has 0 aliphatic heterocycles. The molecule has 0 aromatic heterocycles. The molecule has 4 aromatic rings. The number of carbonyl (C=O) groups excluding carboxylic acids is 1. The number of rotatable bonds is 10. The second kappa shape index (κ2) is 12.9. The first-order valence-electron chi connectivity index (χ1n) is 14.3. The van der Waals surface area contributed by atoms with Crippen molar-refractivity contribution >= 4 is 5.91 Å². The van der Waals surface area contributed by atoms with Gasteiger partial charge in [-0.25, -0.2) is 0 Å². The Bertz CT molecular complexity index is 1240. The zero-order valence-electron chi connectivity index (χ0n) is 23.0. The second-order valence-corrected chi connectivity index (χ2v) is 11.4. The van der Waals surface area contributed by atoms with Crippen LogP contribution in [0, 0.1) is 5.41 Å². The van der Waals surface area contributed by atoms with Gasteiger partial charge in [-0.2, -0.15) is 0 Å². The van der Waals surface area contributed by atoms with Crippen LogP contribution in [-0.4, -0.2) is 29.9 Å². The molecule has 0 radical (unpaired) electrons. The van der Waals surface area contributed by atoms with E-state index >= 15 is 0 Å². The van der Waals surface area contributed by atoms with E-state index in [0.29, 0.717) is 12.6 Å². The van der Waals surface area contributed by atoms with Crippen LogP contribution in [-0.2, 0) is 6.54 Å². The van der Waals surface area contributed by atoms with Crippen LogP contribution in [0.4, 0.5) is 0 Å². The lowest BCUT2D eigenvalue weighted by molar-refractivity contribution is 0.0592. The van der Waals surface area contributed by atoms with Crippen LogP contribution in [0.15, 0.2) is 121 Å². The zero-order valence-corrected chi connectivity index (χ0v) is 23.0. The van der Waals surface area contributed by atoms with Crippen molar-refractivity contribution in [1.29, 1.82) is 0 Å². The predicted octanol–water partition coefficient (Wildman–Crippen LogP) is 7.70. The van der Waals surface area contributed by atoms with Crippen molar-refractivity contribution in [3.8, 4) is 0 Å². The molecule has 1 amide bonds. The Morgan fingerprint density at radius 1 is 0.769 bits per heavy atom. The van der Waals surface area contributed by atoms with Gasteiger partial charge in [0.25, 0.3) is 5.91 Å². The molecule has 1 aliphatic rings. The minimum Gasteiger partial charge on any atom is -0.337 e. The molecule has 1 fully saturated rings. The summed E-state index contributed by atoms with van der Waals surface area (Å²) in [6.07, 6.45) is 4.49. The number of hydrogen-bond acceptors (Lipinski definition) is 2. The van der Waals surface area contributed by atoms with E-state index in [2.05, 4.69) is 108 Å². The maximum atomic E-state index is 14.0. The summed E-state index contributed by atoms with van der Waals surface area (Å²) in [5.41, 5.74) is 4.67. The average molecular weight is 517 g/mol. The quantitative estimate of drug-likeness (QED) is 0.234. The summed E-state index contributed by atoms with van der Waals surface area (Å²) in [6.45, 7) is 4.72. The number of amides is 1. The Morgan fingerprint density at radius 3 is 1.79 bits per heavy atom. The van der Waals surface area contributed by atoms with E-state index in [1.54, 1.807) is 0 Å². The molecule has 3 heteroatoms. The first kappa shape index (κ1) is 26.9. The third kappa shape index (κ3) is 7.25. The van der Waals surface area contributed by atoms with Gasteiger partial charge in [-0.05, 0) is 59.9 Å². The SMILES string of the molecule is CC1(CN(CC(c2ccccc2)c2ccccc2)C(=O)c2ccccc2)CCC(NCc2ccccc2)CC1. The first-order valence-corrected chi connectivity index (χ1v) is 14.3. The van der Waals surface area contributed by atoms with Crippen LogP contribution >= 0.6 is 0 Å². The van der Waals surface area contributed by atoms with E-state index in [1.807, 2.05) is 30.3 Å². The summed E-state index contributed by atoms with van der Waals surface area (Å²) in [5, 5.41) is 3.77.